The largest absolute Gasteiger partial charge is 0.356 e. The quantitative estimate of drug-likeness (QED) is 0.629. The molecule has 2 heterocycles. The lowest BCUT2D eigenvalue weighted by Gasteiger charge is -2.43. The maximum Gasteiger partial charge on any atom is 0.185 e. The van der Waals surface area contributed by atoms with E-state index in [1.165, 1.54) is 0 Å². The van der Waals surface area contributed by atoms with Crippen molar-refractivity contribution in [3.63, 3.8) is 0 Å². The van der Waals surface area contributed by atoms with E-state index in [0.717, 1.165) is 39.0 Å². The van der Waals surface area contributed by atoms with Gasteiger partial charge < -0.3 is 10.6 Å². The summed E-state index contributed by atoms with van der Waals surface area (Å²) in [7, 11) is 0. The molecule has 0 saturated heterocycles. The zero-order chi connectivity index (χ0) is 20.5. The van der Waals surface area contributed by atoms with Crippen molar-refractivity contribution in [3.8, 4) is 0 Å². The molecule has 1 spiro atoms. The Kier molecular flexibility index (Phi) is 3.81. The second kappa shape index (κ2) is 5.69. The van der Waals surface area contributed by atoms with Gasteiger partial charge in [-0.15, -0.1) is 0 Å². The first kappa shape index (κ1) is 18.7. The topological polar surface area (TPSA) is 54.0 Å². The maximum absolute atomic E-state index is 13.3. The van der Waals surface area contributed by atoms with Crippen molar-refractivity contribution in [3.05, 3.63) is 53.3 Å². The summed E-state index contributed by atoms with van der Waals surface area (Å²) in [6, 6.07) is 6.22. The summed E-state index contributed by atoms with van der Waals surface area (Å²) in [4.78, 5) is 17.9. The van der Waals surface area contributed by atoms with E-state index in [9.17, 15) is 4.79 Å². The molecule has 4 rings (SSSR count). The molecule has 4 heteroatoms. The van der Waals surface area contributed by atoms with Crippen LogP contribution in [0.15, 0.2) is 47.7 Å². The van der Waals surface area contributed by atoms with Crippen LogP contribution < -0.4 is 10.6 Å². The monoisotopic (exact) mass is 375 g/mol. The van der Waals surface area contributed by atoms with Crippen LogP contribution in [0.3, 0.4) is 0 Å². The van der Waals surface area contributed by atoms with Gasteiger partial charge in [0.2, 0.25) is 0 Å². The second-order valence-corrected chi connectivity index (χ2v) is 10.1. The van der Waals surface area contributed by atoms with E-state index in [4.69, 9.17) is 0 Å². The fraction of sp³-hybridized carbons (Fsp3) is 0.417. The molecule has 0 atom stereocenters. The first-order chi connectivity index (χ1) is 12.9. The number of Topliss-reactive ketones (excluding diaryl/α,β-unsaturated/α-hetero) is 1. The Bertz CT molecular complexity index is 1010. The minimum atomic E-state index is -0.643. The lowest BCUT2D eigenvalue weighted by Crippen LogP contribution is -2.49. The first-order valence-corrected chi connectivity index (χ1v) is 9.87. The van der Waals surface area contributed by atoms with Crippen molar-refractivity contribution in [1.82, 2.24) is 4.98 Å². The highest BCUT2D eigenvalue weighted by Gasteiger charge is 2.42. The number of rotatable bonds is 0. The molecular formula is C24H29N3O. The van der Waals surface area contributed by atoms with E-state index >= 15 is 0 Å². The fourth-order valence-electron chi connectivity index (χ4n) is 4.12. The Hall–Kier alpha value is -2.62. The number of aryl methyl sites for hydroxylation is 1. The third kappa shape index (κ3) is 2.83. The predicted octanol–water partition coefficient (Wildman–Crippen LogP) is 5.60. The number of ketones is 1. The van der Waals surface area contributed by atoms with Crippen LogP contribution in [0.5, 0.6) is 0 Å². The molecule has 1 aromatic heterocycles. The van der Waals surface area contributed by atoms with Crippen LogP contribution >= 0.6 is 0 Å². The van der Waals surface area contributed by atoms with E-state index < -0.39 is 5.66 Å². The molecule has 2 N–H and O–H groups in total. The molecule has 28 heavy (non-hydrogen) atoms. The highest BCUT2D eigenvalue weighted by atomic mass is 16.1. The van der Waals surface area contributed by atoms with E-state index in [1.807, 2.05) is 12.3 Å². The molecule has 0 saturated carbocycles. The SMILES string of the molecule is Cc1ccc2c3c(ccnc13)NC1(C=C(C(C)(C)C)C(=O)C(C(C)(C)C)=C1)N2. The zero-order valence-corrected chi connectivity index (χ0v) is 17.8. The van der Waals surface area contributed by atoms with Crippen molar-refractivity contribution >= 4 is 28.1 Å². The predicted molar refractivity (Wildman–Crippen MR) is 117 cm³/mol. The number of allylic oxidation sites excluding steroid dienone is 2. The normalized spacial score (nSPS) is 18.5. The minimum Gasteiger partial charge on any atom is -0.356 e. The lowest BCUT2D eigenvalue weighted by molar-refractivity contribution is -0.114. The fourth-order valence-corrected chi connectivity index (χ4v) is 4.12. The molecular weight excluding hydrogens is 346 g/mol. The smallest absolute Gasteiger partial charge is 0.185 e. The van der Waals surface area contributed by atoms with Crippen LogP contribution in [0.25, 0.3) is 10.9 Å². The Labute approximate surface area is 167 Å². The Morgan fingerprint density at radius 3 is 1.93 bits per heavy atom. The molecule has 1 aromatic carbocycles. The summed E-state index contributed by atoms with van der Waals surface area (Å²) >= 11 is 0. The van der Waals surface area contributed by atoms with E-state index in [0.29, 0.717) is 0 Å². The van der Waals surface area contributed by atoms with E-state index in [1.54, 1.807) is 0 Å². The van der Waals surface area contributed by atoms with Gasteiger partial charge in [-0.3, -0.25) is 9.78 Å². The number of hydrogen-bond acceptors (Lipinski definition) is 4. The number of nitrogens with one attached hydrogen (secondary N) is 2. The van der Waals surface area contributed by atoms with Gasteiger partial charge in [0.25, 0.3) is 0 Å². The third-order valence-corrected chi connectivity index (χ3v) is 5.63. The van der Waals surface area contributed by atoms with Crippen LogP contribution in [-0.4, -0.2) is 16.4 Å². The molecule has 0 radical (unpaired) electrons. The van der Waals surface area contributed by atoms with Crippen LogP contribution in [-0.2, 0) is 4.79 Å². The molecule has 0 unspecified atom stereocenters. The second-order valence-electron chi connectivity index (χ2n) is 10.1. The summed E-state index contributed by atoms with van der Waals surface area (Å²) in [6.07, 6.45) is 5.98. The molecule has 1 aliphatic carbocycles. The van der Waals surface area contributed by atoms with Crippen molar-refractivity contribution in [2.75, 3.05) is 10.6 Å². The van der Waals surface area contributed by atoms with Crippen molar-refractivity contribution in [1.29, 1.82) is 0 Å². The Balaban J connectivity index is 1.95. The molecule has 0 bridgehead atoms. The van der Waals surface area contributed by atoms with Gasteiger partial charge in [0.1, 0.15) is 5.66 Å². The summed E-state index contributed by atoms with van der Waals surface area (Å²) in [5, 5.41) is 8.44. The molecule has 2 aliphatic rings. The van der Waals surface area contributed by atoms with Gasteiger partial charge >= 0.3 is 0 Å². The van der Waals surface area contributed by atoms with Gasteiger partial charge in [0, 0.05) is 34.1 Å². The number of hydrogen-bond donors (Lipinski definition) is 2. The number of aromatic nitrogens is 1. The molecule has 146 valence electrons. The minimum absolute atomic E-state index is 0.142. The summed E-state index contributed by atoms with van der Waals surface area (Å²) in [5.74, 6) is 0.142. The number of carbonyl (C=O) groups excluding carboxylic acids is 1. The maximum atomic E-state index is 13.3. The number of nitrogens with zero attached hydrogens (tertiary/aromatic N) is 1. The average Bonchev–Trinajstić information content (AvgIpc) is 2.58. The highest BCUT2D eigenvalue weighted by Crippen LogP contribution is 2.45. The summed E-state index contributed by atoms with van der Waals surface area (Å²) < 4.78 is 0. The average molecular weight is 376 g/mol. The molecule has 1 aliphatic heterocycles. The van der Waals surface area contributed by atoms with E-state index in [-0.39, 0.29) is 16.6 Å². The standard InChI is InChI=1S/C24H29N3O/c1-14-8-9-17-19-18(10-11-25-20(14)19)27-24(26-17)12-15(22(2,3)4)21(28)16(13-24)23(5,6)7/h8-13,26-27H,1-7H3. The van der Waals surface area contributed by atoms with Crippen LogP contribution in [0.4, 0.5) is 11.4 Å². The van der Waals surface area contributed by atoms with Crippen LogP contribution in [0, 0.1) is 17.8 Å². The Morgan fingerprint density at radius 2 is 1.39 bits per heavy atom. The number of carbonyl (C=O) groups is 1. The van der Waals surface area contributed by atoms with Gasteiger partial charge in [0.15, 0.2) is 5.78 Å². The summed E-state index contributed by atoms with van der Waals surface area (Å²) in [6.45, 7) is 14.7. The van der Waals surface area contributed by atoms with Crippen molar-refractivity contribution < 1.29 is 4.79 Å². The van der Waals surface area contributed by atoms with Crippen LogP contribution in [0.1, 0.15) is 47.1 Å². The first-order valence-electron chi connectivity index (χ1n) is 9.87. The molecule has 0 amide bonds. The van der Waals surface area contributed by atoms with Gasteiger partial charge in [-0.2, -0.15) is 0 Å². The lowest BCUT2D eigenvalue weighted by atomic mass is 9.70. The van der Waals surface area contributed by atoms with Gasteiger partial charge in [-0.25, -0.2) is 0 Å². The number of benzene rings is 1. The van der Waals surface area contributed by atoms with E-state index in [2.05, 4.69) is 88.4 Å². The molecule has 0 fully saturated rings. The zero-order valence-electron chi connectivity index (χ0n) is 17.8. The van der Waals surface area contributed by atoms with Crippen molar-refractivity contribution in [2.24, 2.45) is 10.8 Å². The molecule has 2 aromatic rings. The number of pyridine rings is 1. The molecule has 4 nitrogen and oxygen atoms in total. The Morgan fingerprint density at radius 1 is 0.857 bits per heavy atom. The van der Waals surface area contributed by atoms with Gasteiger partial charge in [0.05, 0.1) is 5.52 Å². The number of anilines is 2. The highest BCUT2D eigenvalue weighted by molar-refractivity contribution is 6.12. The van der Waals surface area contributed by atoms with Gasteiger partial charge in [-0.1, -0.05) is 47.6 Å². The van der Waals surface area contributed by atoms with Crippen molar-refractivity contribution in [2.45, 2.75) is 54.1 Å². The van der Waals surface area contributed by atoms with Gasteiger partial charge in [-0.05, 0) is 47.6 Å². The summed E-state index contributed by atoms with van der Waals surface area (Å²) in [5.41, 5.74) is 4.74. The third-order valence-electron chi connectivity index (χ3n) is 5.63. The van der Waals surface area contributed by atoms with Crippen LogP contribution in [0.2, 0.25) is 0 Å².